The summed E-state index contributed by atoms with van der Waals surface area (Å²) in [5, 5.41) is 12.0. The minimum Gasteiger partial charge on any atom is -0.365 e. The third-order valence-electron chi connectivity index (χ3n) is 3.35. The minimum absolute atomic E-state index is 0.667. The van der Waals surface area contributed by atoms with Gasteiger partial charge in [0.05, 0.1) is 5.52 Å². The first kappa shape index (κ1) is 13.8. The maximum Gasteiger partial charge on any atom is 0.225 e. The summed E-state index contributed by atoms with van der Waals surface area (Å²) in [6, 6.07) is 8.07. The second-order valence-corrected chi connectivity index (χ2v) is 5.62. The molecule has 0 aliphatic heterocycles. The number of anilines is 2. The highest BCUT2D eigenvalue weighted by Gasteiger charge is 2.07. The van der Waals surface area contributed by atoms with Crippen molar-refractivity contribution in [3.63, 3.8) is 0 Å². The molecule has 21 heavy (non-hydrogen) atoms. The number of benzene rings is 1. The summed E-state index contributed by atoms with van der Waals surface area (Å²) in [6.07, 6.45) is 0. The van der Waals surface area contributed by atoms with Gasteiger partial charge >= 0.3 is 0 Å². The van der Waals surface area contributed by atoms with Crippen molar-refractivity contribution in [1.29, 1.82) is 0 Å². The van der Waals surface area contributed by atoms with Gasteiger partial charge in [-0.1, -0.05) is 12.1 Å². The molecule has 3 aromatic rings. The molecular formula is C16H18N4S. The average molecular weight is 298 g/mol. The molecule has 2 aromatic heterocycles. The molecule has 0 bridgehead atoms. The van der Waals surface area contributed by atoms with Gasteiger partial charge in [-0.3, -0.25) is 0 Å². The molecule has 0 saturated carbocycles. The molecular weight excluding hydrogens is 280 g/mol. The standard InChI is InChI=1S/C16H18N4S/c1-3-17-16-19-14-7-5-4-6-13(14)15(20-16)18-8-12-10-21-9-11(12)2/h4-7,9-10H,3,8H2,1-2H3,(H2,17,18,19,20). The quantitative estimate of drug-likeness (QED) is 0.746. The van der Waals surface area contributed by atoms with Crippen LogP contribution in [0.25, 0.3) is 10.9 Å². The number of thiophene rings is 1. The number of nitrogens with one attached hydrogen (secondary N) is 2. The topological polar surface area (TPSA) is 49.8 Å². The predicted octanol–water partition coefficient (Wildman–Crippen LogP) is 4.04. The lowest BCUT2D eigenvalue weighted by Crippen LogP contribution is -2.07. The first-order chi connectivity index (χ1) is 10.3. The van der Waals surface area contributed by atoms with Crippen LogP contribution in [0, 0.1) is 6.92 Å². The number of aryl methyl sites for hydroxylation is 1. The highest BCUT2D eigenvalue weighted by Crippen LogP contribution is 2.23. The first-order valence-electron chi connectivity index (χ1n) is 7.04. The van der Waals surface area contributed by atoms with E-state index >= 15 is 0 Å². The Hall–Kier alpha value is -2.14. The minimum atomic E-state index is 0.667. The largest absolute Gasteiger partial charge is 0.365 e. The van der Waals surface area contributed by atoms with Gasteiger partial charge in [0.2, 0.25) is 5.95 Å². The molecule has 0 spiro atoms. The highest BCUT2D eigenvalue weighted by molar-refractivity contribution is 7.08. The van der Waals surface area contributed by atoms with Gasteiger partial charge in [0.15, 0.2) is 0 Å². The van der Waals surface area contributed by atoms with Crippen LogP contribution < -0.4 is 10.6 Å². The molecule has 5 heteroatoms. The van der Waals surface area contributed by atoms with Gasteiger partial charge < -0.3 is 10.6 Å². The Morgan fingerprint density at radius 1 is 1.10 bits per heavy atom. The molecule has 0 amide bonds. The van der Waals surface area contributed by atoms with Gasteiger partial charge in [0, 0.05) is 18.5 Å². The molecule has 3 rings (SSSR count). The number of aromatic nitrogens is 2. The second-order valence-electron chi connectivity index (χ2n) is 4.88. The van der Waals surface area contributed by atoms with Crippen molar-refractivity contribution >= 4 is 34.0 Å². The fraction of sp³-hybridized carbons (Fsp3) is 0.250. The third-order valence-corrected chi connectivity index (χ3v) is 4.26. The van der Waals surface area contributed by atoms with Crippen molar-refractivity contribution in [2.24, 2.45) is 0 Å². The Kier molecular flexibility index (Phi) is 4.01. The molecule has 0 fully saturated rings. The van der Waals surface area contributed by atoms with Crippen LogP contribution in [0.3, 0.4) is 0 Å². The van der Waals surface area contributed by atoms with Crippen LogP contribution in [0.5, 0.6) is 0 Å². The number of para-hydroxylation sites is 1. The lowest BCUT2D eigenvalue weighted by atomic mass is 10.2. The second kappa shape index (κ2) is 6.10. The zero-order valence-corrected chi connectivity index (χ0v) is 13.0. The van der Waals surface area contributed by atoms with E-state index in [2.05, 4.69) is 38.3 Å². The summed E-state index contributed by atoms with van der Waals surface area (Å²) in [4.78, 5) is 9.12. The zero-order valence-electron chi connectivity index (χ0n) is 12.2. The molecule has 0 aliphatic rings. The monoisotopic (exact) mass is 298 g/mol. The molecule has 2 N–H and O–H groups in total. The van der Waals surface area contributed by atoms with Gasteiger partial charge in [-0.15, -0.1) is 0 Å². The van der Waals surface area contributed by atoms with Gasteiger partial charge in [-0.2, -0.15) is 16.3 Å². The molecule has 0 unspecified atom stereocenters. The normalized spacial score (nSPS) is 10.8. The molecule has 0 radical (unpaired) electrons. The van der Waals surface area contributed by atoms with E-state index in [4.69, 9.17) is 0 Å². The Morgan fingerprint density at radius 2 is 1.95 bits per heavy atom. The summed E-state index contributed by atoms with van der Waals surface area (Å²) in [5.74, 6) is 1.54. The Balaban J connectivity index is 1.93. The van der Waals surface area contributed by atoms with E-state index in [1.54, 1.807) is 11.3 Å². The number of hydrogen-bond donors (Lipinski definition) is 2. The van der Waals surface area contributed by atoms with E-state index in [0.717, 1.165) is 29.8 Å². The average Bonchev–Trinajstić information content (AvgIpc) is 2.90. The van der Waals surface area contributed by atoms with Crippen molar-refractivity contribution < 1.29 is 0 Å². The van der Waals surface area contributed by atoms with Crippen molar-refractivity contribution in [3.05, 3.63) is 46.2 Å². The van der Waals surface area contributed by atoms with Crippen LogP contribution in [0.2, 0.25) is 0 Å². The van der Waals surface area contributed by atoms with Crippen LogP contribution in [0.1, 0.15) is 18.1 Å². The lowest BCUT2D eigenvalue weighted by molar-refractivity contribution is 1.07. The van der Waals surface area contributed by atoms with Crippen LogP contribution in [-0.2, 0) is 6.54 Å². The molecule has 1 aromatic carbocycles. The van der Waals surface area contributed by atoms with Crippen molar-refractivity contribution in [2.75, 3.05) is 17.2 Å². The summed E-state index contributed by atoms with van der Waals surface area (Å²) in [5.41, 5.74) is 3.58. The van der Waals surface area contributed by atoms with E-state index in [1.165, 1.54) is 11.1 Å². The molecule has 0 saturated heterocycles. The van der Waals surface area contributed by atoms with Crippen LogP contribution in [0.4, 0.5) is 11.8 Å². The molecule has 0 atom stereocenters. The van der Waals surface area contributed by atoms with Crippen LogP contribution >= 0.6 is 11.3 Å². The van der Waals surface area contributed by atoms with Crippen molar-refractivity contribution in [3.8, 4) is 0 Å². The van der Waals surface area contributed by atoms with Crippen LogP contribution in [0.15, 0.2) is 35.0 Å². The van der Waals surface area contributed by atoms with E-state index in [9.17, 15) is 0 Å². The maximum atomic E-state index is 4.59. The SMILES string of the molecule is CCNc1nc(NCc2cscc2C)c2ccccc2n1. The van der Waals surface area contributed by atoms with E-state index in [-0.39, 0.29) is 0 Å². The number of fused-ring (bicyclic) bond motifs is 1. The molecule has 0 aliphatic carbocycles. The van der Waals surface area contributed by atoms with Crippen molar-refractivity contribution in [2.45, 2.75) is 20.4 Å². The molecule has 2 heterocycles. The lowest BCUT2D eigenvalue weighted by Gasteiger charge is -2.11. The Bertz CT molecular complexity index is 751. The number of rotatable bonds is 5. The van der Waals surface area contributed by atoms with Gasteiger partial charge in [0.1, 0.15) is 5.82 Å². The fourth-order valence-corrected chi connectivity index (χ4v) is 3.05. The first-order valence-corrected chi connectivity index (χ1v) is 7.98. The Morgan fingerprint density at radius 3 is 2.71 bits per heavy atom. The molecule has 4 nitrogen and oxygen atoms in total. The zero-order chi connectivity index (χ0) is 14.7. The van der Waals surface area contributed by atoms with E-state index in [1.807, 2.05) is 31.2 Å². The Labute approximate surface area is 128 Å². The summed E-state index contributed by atoms with van der Waals surface area (Å²) >= 11 is 1.73. The summed E-state index contributed by atoms with van der Waals surface area (Å²) in [6.45, 7) is 5.76. The maximum absolute atomic E-state index is 4.59. The molecule has 108 valence electrons. The van der Waals surface area contributed by atoms with Gasteiger partial charge in [-0.25, -0.2) is 4.98 Å². The third kappa shape index (κ3) is 2.97. The van der Waals surface area contributed by atoms with Crippen molar-refractivity contribution in [1.82, 2.24) is 9.97 Å². The predicted molar refractivity (Wildman–Crippen MR) is 90.1 cm³/mol. The van der Waals surface area contributed by atoms with E-state index in [0.29, 0.717) is 5.95 Å². The number of hydrogen-bond acceptors (Lipinski definition) is 5. The fourth-order valence-electron chi connectivity index (χ4n) is 2.20. The summed E-state index contributed by atoms with van der Waals surface area (Å²) < 4.78 is 0. The number of nitrogens with zero attached hydrogens (tertiary/aromatic N) is 2. The van der Waals surface area contributed by atoms with Crippen LogP contribution in [-0.4, -0.2) is 16.5 Å². The van der Waals surface area contributed by atoms with Gasteiger partial charge in [-0.05, 0) is 47.9 Å². The van der Waals surface area contributed by atoms with E-state index < -0.39 is 0 Å². The summed E-state index contributed by atoms with van der Waals surface area (Å²) in [7, 11) is 0. The highest BCUT2D eigenvalue weighted by atomic mass is 32.1. The van der Waals surface area contributed by atoms with Gasteiger partial charge in [0.25, 0.3) is 0 Å². The smallest absolute Gasteiger partial charge is 0.225 e.